The molecule has 2 rings (SSSR count). The van der Waals surface area contributed by atoms with Crippen LogP contribution >= 0.6 is 0 Å². The van der Waals surface area contributed by atoms with E-state index >= 15 is 0 Å². The molecule has 1 aliphatic heterocycles. The Balaban J connectivity index is 0.000000531. The van der Waals surface area contributed by atoms with Crippen molar-refractivity contribution >= 4 is 11.4 Å². The summed E-state index contributed by atoms with van der Waals surface area (Å²) in [5.41, 5.74) is 7.61. The summed E-state index contributed by atoms with van der Waals surface area (Å²) in [4.78, 5) is 6.18. The summed E-state index contributed by atoms with van der Waals surface area (Å²) < 4.78 is 5.26. The summed E-state index contributed by atoms with van der Waals surface area (Å²) >= 11 is 0. The van der Waals surface area contributed by atoms with Crippen LogP contribution in [0.2, 0.25) is 0 Å². The molecule has 1 fully saturated rings. The number of nitrogen functional groups attached to an aromatic ring is 1. The van der Waals surface area contributed by atoms with Gasteiger partial charge in [-0.15, -0.1) is 0 Å². The fourth-order valence-corrected chi connectivity index (χ4v) is 1.49. The minimum absolute atomic E-state index is 0.740. The van der Waals surface area contributed by atoms with Gasteiger partial charge in [-0.25, -0.2) is 0 Å². The fraction of sp³-hybridized carbons (Fsp3) is 0.545. The average Bonchev–Trinajstić information content (AvgIpc) is 2.33. The number of nitrogens with two attached hydrogens (primary N) is 1. The van der Waals surface area contributed by atoms with Gasteiger partial charge in [-0.2, -0.15) is 0 Å². The van der Waals surface area contributed by atoms with Crippen LogP contribution in [0, 0.1) is 0 Å². The molecule has 0 amide bonds. The van der Waals surface area contributed by atoms with Gasteiger partial charge in [0.15, 0.2) is 0 Å². The van der Waals surface area contributed by atoms with Gasteiger partial charge < -0.3 is 15.4 Å². The Kier molecular flexibility index (Phi) is 4.90. The maximum absolute atomic E-state index is 5.81. The van der Waals surface area contributed by atoms with E-state index in [1.807, 2.05) is 19.9 Å². The highest BCUT2D eigenvalue weighted by Gasteiger charge is 2.12. The van der Waals surface area contributed by atoms with Gasteiger partial charge in [0.1, 0.15) is 0 Å². The summed E-state index contributed by atoms with van der Waals surface area (Å²) in [7, 11) is 0. The minimum atomic E-state index is 0.740. The van der Waals surface area contributed by atoms with Crippen molar-refractivity contribution in [2.24, 2.45) is 0 Å². The Labute approximate surface area is 91.1 Å². The molecule has 0 unspecified atom stereocenters. The molecule has 0 aliphatic carbocycles. The molecular weight excluding hydrogens is 190 g/mol. The lowest BCUT2D eigenvalue weighted by molar-refractivity contribution is 0.123. The molecule has 0 radical (unpaired) electrons. The molecule has 0 aromatic carbocycles. The SMILES string of the molecule is CC.Nc1cnccc1N1CCOCC1. The second-order valence-electron chi connectivity index (χ2n) is 3.03. The summed E-state index contributed by atoms with van der Waals surface area (Å²) in [6, 6.07) is 1.95. The summed E-state index contributed by atoms with van der Waals surface area (Å²) in [6.45, 7) is 7.38. The third-order valence-electron chi connectivity index (χ3n) is 2.18. The quantitative estimate of drug-likeness (QED) is 0.762. The van der Waals surface area contributed by atoms with Crippen molar-refractivity contribution in [3.8, 4) is 0 Å². The molecule has 1 aromatic heterocycles. The third-order valence-corrected chi connectivity index (χ3v) is 2.18. The van der Waals surface area contributed by atoms with Crippen LogP contribution in [0.5, 0.6) is 0 Å². The van der Waals surface area contributed by atoms with E-state index in [1.54, 1.807) is 12.4 Å². The van der Waals surface area contributed by atoms with Gasteiger partial charge in [0.2, 0.25) is 0 Å². The third kappa shape index (κ3) is 3.09. The predicted molar refractivity (Wildman–Crippen MR) is 63.0 cm³/mol. The number of hydrogen-bond donors (Lipinski definition) is 1. The van der Waals surface area contributed by atoms with E-state index in [0.717, 1.165) is 37.7 Å². The fourth-order valence-electron chi connectivity index (χ4n) is 1.49. The van der Waals surface area contributed by atoms with E-state index in [1.165, 1.54) is 0 Å². The lowest BCUT2D eigenvalue weighted by Crippen LogP contribution is -2.36. The van der Waals surface area contributed by atoms with Gasteiger partial charge >= 0.3 is 0 Å². The monoisotopic (exact) mass is 209 g/mol. The zero-order chi connectivity index (χ0) is 11.1. The molecule has 2 heterocycles. The summed E-state index contributed by atoms with van der Waals surface area (Å²) in [5, 5.41) is 0. The molecule has 0 saturated carbocycles. The van der Waals surface area contributed by atoms with Gasteiger partial charge in [-0.1, -0.05) is 13.8 Å². The van der Waals surface area contributed by atoms with Crippen molar-refractivity contribution in [1.29, 1.82) is 0 Å². The predicted octanol–water partition coefficient (Wildman–Crippen LogP) is 1.53. The Morgan fingerprint density at radius 3 is 2.60 bits per heavy atom. The first kappa shape index (κ1) is 11.8. The Morgan fingerprint density at radius 2 is 2.00 bits per heavy atom. The molecule has 0 spiro atoms. The highest BCUT2D eigenvalue weighted by Crippen LogP contribution is 2.21. The number of rotatable bonds is 1. The number of nitrogens with zero attached hydrogens (tertiary/aromatic N) is 2. The highest BCUT2D eigenvalue weighted by molar-refractivity contribution is 5.66. The van der Waals surface area contributed by atoms with Crippen LogP contribution in [0.15, 0.2) is 18.5 Å². The van der Waals surface area contributed by atoms with E-state index in [2.05, 4.69) is 9.88 Å². The maximum atomic E-state index is 5.81. The van der Waals surface area contributed by atoms with E-state index in [4.69, 9.17) is 10.5 Å². The molecule has 1 aliphatic rings. The van der Waals surface area contributed by atoms with Crippen LogP contribution < -0.4 is 10.6 Å². The van der Waals surface area contributed by atoms with E-state index in [9.17, 15) is 0 Å². The normalized spacial score (nSPS) is 15.5. The van der Waals surface area contributed by atoms with Crippen molar-refractivity contribution in [3.63, 3.8) is 0 Å². The first-order valence-electron chi connectivity index (χ1n) is 5.40. The topological polar surface area (TPSA) is 51.4 Å². The first-order valence-corrected chi connectivity index (χ1v) is 5.40. The highest BCUT2D eigenvalue weighted by atomic mass is 16.5. The number of aromatic nitrogens is 1. The van der Waals surface area contributed by atoms with Crippen LogP contribution in [0.4, 0.5) is 11.4 Å². The zero-order valence-electron chi connectivity index (χ0n) is 9.44. The molecule has 0 atom stereocenters. The number of hydrogen-bond acceptors (Lipinski definition) is 4. The van der Waals surface area contributed by atoms with Gasteiger partial charge in [0.05, 0.1) is 30.8 Å². The van der Waals surface area contributed by atoms with Crippen LogP contribution in [0.1, 0.15) is 13.8 Å². The van der Waals surface area contributed by atoms with Crippen LogP contribution in [-0.2, 0) is 4.74 Å². The number of morpholine rings is 1. The lowest BCUT2D eigenvalue weighted by atomic mass is 10.3. The van der Waals surface area contributed by atoms with Crippen LogP contribution in [-0.4, -0.2) is 31.3 Å². The van der Waals surface area contributed by atoms with Gasteiger partial charge in [0.25, 0.3) is 0 Å². The van der Waals surface area contributed by atoms with E-state index in [0.29, 0.717) is 0 Å². The molecular formula is C11H19N3O. The Morgan fingerprint density at radius 1 is 1.33 bits per heavy atom. The Hall–Kier alpha value is -1.29. The number of anilines is 2. The van der Waals surface area contributed by atoms with Crippen molar-refractivity contribution < 1.29 is 4.74 Å². The largest absolute Gasteiger partial charge is 0.396 e. The smallest absolute Gasteiger partial charge is 0.0738 e. The molecule has 0 bridgehead atoms. The molecule has 1 saturated heterocycles. The van der Waals surface area contributed by atoms with E-state index in [-0.39, 0.29) is 0 Å². The molecule has 4 heteroatoms. The zero-order valence-corrected chi connectivity index (χ0v) is 9.44. The van der Waals surface area contributed by atoms with Crippen molar-refractivity contribution in [1.82, 2.24) is 4.98 Å². The van der Waals surface area contributed by atoms with Crippen LogP contribution in [0.3, 0.4) is 0 Å². The Bertz CT molecular complexity index is 285. The number of ether oxygens (including phenoxy) is 1. The standard InChI is InChI=1S/C9H13N3O.C2H6/c10-8-7-11-2-1-9(8)12-3-5-13-6-4-12;1-2/h1-2,7H,3-6,10H2;1-2H3. The number of pyridine rings is 1. The second-order valence-corrected chi connectivity index (χ2v) is 3.03. The van der Waals surface area contributed by atoms with Crippen molar-refractivity contribution in [2.45, 2.75) is 13.8 Å². The van der Waals surface area contributed by atoms with Gasteiger partial charge in [-0.3, -0.25) is 4.98 Å². The van der Waals surface area contributed by atoms with E-state index < -0.39 is 0 Å². The maximum Gasteiger partial charge on any atom is 0.0738 e. The van der Waals surface area contributed by atoms with Gasteiger partial charge in [-0.05, 0) is 6.07 Å². The van der Waals surface area contributed by atoms with Crippen molar-refractivity contribution in [3.05, 3.63) is 18.5 Å². The average molecular weight is 209 g/mol. The van der Waals surface area contributed by atoms with Gasteiger partial charge in [0, 0.05) is 19.3 Å². The molecule has 2 N–H and O–H groups in total. The molecule has 4 nitrogen and oxygen atoms in total. The molecule has 15 heavy (non-hydrogen) atoms. The van der Waals surface area contributed by atoms with Crippen molar-refractivity contribution in [2.75, 3.05) is 36.9 Å². The first-order chi connectivity index (χ1) is 7.38. The molecule has 84 valence electrons. The lowest BCUT2D eigenvalue weighted by Gasteiger charge is -2.29. The molecule has 1 aromatic rings. The minimum Gasteiger partial charge on any atom is -0.396 e. The summed E-state index contributed by atoms with van der Waals surface area (Å²) in [6.07, 6.45) is 3.45. The summed E-state index contributed by atoms with van der Waals surface area (Å²) in [5.74, 6) is 0. The second kappa shape index (κ2) is 6.24. The van der Waals surface area contributed by atoms with Crippen LogP contribution in [0.25, 0.3) is 0 Å².